The molecule has 0 aliphatic carbocycles. The van der Waals surface area contributed by atoms with Gasteiger partial charge >= 0.3 is 5.97 Å². The highest BCUT2D eigenvalue weighted by atomic mass is 16.5. The van der Waals surface area contributed by atoms with E-state index < -0.39 is 23.8 Å². The minimum atomic E-state index is -1.08. The first kappa shape index (κ1) is 21.0. The van der Waals surface area contributed by atoms with Crippen molar-refractivity contribution in [3.05, 3.63) is 59.2 Å². The Hall–Kier alpha value is -3.35. The monoisotopic (exact) mass is 384 g/mol. The summed E-state index contributed by atoms with van der Waals surface area (Å²) in [4.78, 5) is 36.6. The third-order valence-electron chi connectivity index (χ3n) is 4.33. The minimum absolute atomic E-state index is 0.0695. The molecule has 0 spiro atoms. The highest BCUT2D eigenvalue weighted by Gasteiger charge is 2.26. The number of aromatic carboxylic acids is 1. The van der Waals surface area contributed by atoms with Crippen molar-refractivity contribution in [3.63, 3.8) is 0 Å². The fourth-order valence-electron chi connectivity index (χ4n) is 2.69. The van der Waals surface area contributed by atoms with Crippen molar-refractivity contribution in [2.24, 2.45) is 5.92 Å². The normalized spacial score (nSPS) is 11.6. The van der Waals surface area contributed by atoms with Gasteiger partial charge in [0.25, 0.3) is 5.91 Å². The molecular formula is C21H24N2O5. The Labute approximate surface area is 163 Å². The van der Waals surface area contributed by atoms with Crippen LogP contribution in [-0.2, 0) is 4.79 Å². The molecule has 1 atom stereocenters. The van der Waals surface area contributed by atoms with Crippen molar-refractivity contribution < 1.29 is 24.2 Å². The second kappa shape index (κ2) is 9.03. The number of carbonyl (C=O) groups excluding carboxylic acids is 2. The van der Waals surface area contributed by atoms with Gasteiger partial charge in [0.05, 0.1) is 18.2 Å². The van der Waals surface area contributed by atoms with Gasteiger partial charge in [0.1, 0.15) is 11.8 Å². The maximum Gasteiger partial charge on any atom is 0.335 e. The molecule has 0 fully saturated rings. The highest BCUT2D eigenvalue weighted by molar-refractivity contribution is 6.03. The molecule has 0 aromatic heterocycles. The van der Waals surface area contributed by atoms with Crippen LogP contribution in [0.15, 0.2) is 42.5 Å². The van der Waals surface area contributed by atoms with Crippen LogP contribution in [-0.4, -0.2) is 36.0 Å². The zero-order valence-electron chi connectivity index (χ0n) is 16.3. The molecule has 7 nitrogen and oxygen atoms in total. The number of aryl methyl sites for hydroxylation is 1. The van der Waals surface area contributed by atoms with Crippen LogP contribution in [0.2, 0.25) is 0 Å². The SMILES string of the molecule is COc1ccccc1C(=O)NC(C(=O)Nc1cc(C(=O)O)ccc1C)C(C)C. The molecule has 2 aromatic rings. The van der Waals surface area contributed by atoms with Gasteiger partial charge in [-0.15, -0.1) is 0 Å². The molecule has 2 amide bonds. The molecule has 148 valence electrons. The number of para-hydroxylation sites is 1. The first-order valence-corrected chi connectivity index (χ1v) is 8.83. The van der Waals surface area contributed by atoms with Gasteiger partial charge in [-0.3, -0.25) is 9.59 Å². The minimum Gasteiger partial charge on any atom is -0.496 e. The van der Waals surface area contributed by atoms with Crippen LogP contribution in [0, 0.1) is 12.8 Å². The molecule has 0 bridgehead atoms. The Morgan fingerprint density at radius 1 is 1.07 bits per heavy atom. The largest absolute Gasteiger partial charge is 0.496 e. The number of ether oxygens (including phenoxy) is 1. The molecule has 28 heavy (non-hydrogen) atoms. The topological polar surface area (TPSA) is 105 Å². The van der Waals surface area contributed by atoms with Gasteiger partial charge in [-0.1, -0.05) is 32.0 Å². The molecule has 2 rings (SSSR count). The number of rotatable bonds is 7. The molecule has 1 unspecified atom stereocenters. The van der Waals surface area contributed by atoms with Crippen molar-refractivity contribution in [1.82, 2.24) is 5.32 Å². The van der Waals surface area contributed by atoms with Crippen LogP contribution in [0.5, 0.6) is 5.75 Å². The predicted octanol–water partition coefficient (Wildman–Crippen LogP) is 3.09. The number of methoxy groups -OCH3 is 1. The number of nitrogens with one attached hydrogen (secondary N) is 2. The van der Waals surface area contributed by atoms with E-state index in [9.17, 15) is 14.4 Å². The van der Waals surface area contributed by atoms with Crippen LogP contribution in [0.3, 0.4) is 0 Å². The van der Waals surface area contributed by atoms with Crippen LogP contribution in [0.1, 0.15) is 40.1 Å². The molecule has 0 aliphatic heterocycles. The van der Waals surface area contributed by atoms with Gasteiger partial charge in [0, 0.05) is 5.69 Å². The lowest BCUT2D eigenvalue weighted by Crippen LogP contribution is -2.47. The van der Waals surface area contributed by atoms with Crippen LogP contribution < -0.4 is 15.4 Å². The van der Waals surface area contributed by atoms with Gasteiger partial charge < -0.3 is 20.5 Å². The first-order valence-electron chi connectivity index (χ1n) is 8.83. The van der Waals surface area contributed by atoms with E-state index in [1.165, 1.54) is 19.2 Å². The van der Waals surface area contributed by atoms with E-state index in [4.69, 9.17) is 9.84 Å². The fourth-order valence-corrected chi connectivity index (χ4v) is 2.69. The fraction of sp³-hybridized carbons (Fsp3) is 0.286. The maximum atomic E-state index is 12.8. The number of anilines is 1. The summed E-state index contributed by atoms with van der Waals surface area (Å²) in [6, 6.07) is 10.4. The van der Waals surface area contributed by atoms with Gasteiger partial charge in [-0.05, 0) is 42.7 Å². The lowest BCUT2D eigenvalue weighted by molar-refractivity contribution is -0.118. The van der Waals surface area contributed by atoms with Crippen molar-refractivity contribution in [1.29, 1.82) is 0 Å². The van der Waals surface area contributed by atoms with Crippen LogP contribution in [0.4, 0.5) is 5.69 Å². The first-order chi connectivity index (χ1) is 13.2. The summed E-state index contributed by atoms with van der Waals surface area (Å²) in [5, 5.41) is 14.6. The molecule has 0 saturated heterocycles. The lowest BCUT2D eigenvalue weighted by Gasteiger charge is -2.23. The standard InChI is InChI=1S/C21H24N2O5/c1-12(2)18(23-19(24)15-7-5-6-8-17(15)28-4)20(25)22-16-11-14(21(26)27)10-9-13(16)3/h5-12,18H,1-4H3,(H,22,25)(H,23,24)(H,26,27). The number of carboxylic acid groups (broad SMARTS) is 1. The van der Waals surface area contributed by atoms with Crippen molar-refractivity contribution >= 4 is 23.5 Å². The molecule has 3 N–H and O–H groups in total. The molecule has 0 radical (unpaired) electrons. The van der Waals surface area contributed by atoms with Crippen molar-refractivity contribution in [2.45, 2.75) is 26.8 Å². The molecule has 0 aliphatic rings. The van der Waals surface area contributed by atoms with Crippen LogP contribution >= 0.6 is 0 Å². The number of benzene rings is 2. The molecular weight excluding hydrogens is 360 g/mol. The number of carbonyl (C=O) groups is 3. The molecule has 2 aromatic carbocycles. The van der Waals surface area contributed by atoms with Gasteiger partial charge in [0.2, 0.25) is 5.91 Å². The summed E-state index contributed by atoms with van der Waals surface area (Å²) in [6.07, 6.45) is 0. The summed E-state index contributed by atoms with van der Waals surface area (Å²) in [5.41, 5.74) is 1.51. The Bertz CT molecular complexity index is 892. The Morgan fingerprint density at radius 2 is 1.75 bits per heavy atom. The third-order valence-corrected chi connectivity index (χ3v) is 4.33. The van der Waals surface area contributed by atoms with E-state index in [1.54, 1.807) is 37.3 Å². The average molecular weight is 384 g/mol. The van der Waals surface area contributed by atoms with E-state index in [1.807, 2.05) is 13.8 Å². The average Bonchev–Trinajstić information content (AvgIpc) is 2.66. The molecule has 0 saturated carbocycles. The van der Waals surface area contributed by atoms with Gasteiger partial charge in [-0.2, -0.15) is 0 Å². The van der Waals surface area contributed by atoms with E-state index in [0.717, 1.165) is 5.56 Å². The number of hydrogen-bond acceptors (Lipinski definition) is 4. The smallest absolute Gasteiger partial charge is 0.335 e. The Kier molecular flexibility index (Phi) is 6.76. The number of amides is 2. The second-order valence-corrected chi connectivity index (χ2v) is 6.72. The van der Waals surface area contributed by atoms with Gasteiger partial charge in [0.15, 0.2) is 0 Å². The van der Waals surface area contributed by atoms with Crippen LogP contribution in [0.25, 0.3) is 0 Å². The molecule has 0 heterocycles. The summed E-state index contributed by atoms with van der Waals surface area (Å²) in [6.45, 7) is 5.39. The number of hydrogen-bond donors (Lipinski definition) is 3. The summed E-state index contributed by atoms with van der Waals surface area (Å²) >= 11 is 0. The number of carboxylic acids is 1. The Balaban J connectivity index is 2.22. The van der Waals surface area contributed by atoms with E-state index in [2.05, 4.69) is 10.6 Å². The second-order valence-electron chi connectivity index (χ2n) is 6.72. The van der Waals surface area contributed by atoms with E-state index >= 15 is 0 Å². The zero-order chi connectivity index (χ0) is 20.8. The Morgan fingerprint density at radius 3 is 2.36 bits per heavy atom. The van der Waals surface area contributed by atoms with E-state index in [0.29, 0.717) is 17.0 Å². The predicted molar refractivity (Wildman–Crippen MR) is 106 cm³/mol. The zero-order valence-corrected chi connectivity index (χ0v) is 16.3. The third kappa shape index (κ3) is 4.88. The van der Waals surface area contributed by atoms with Crippen molar-refractivity contribution in [3.8, 4) is 5.75 Å². The van der Waals surface area contributed by atoms with E-state index in [-0.39, 0.29) is 11.5 Å². The highest BCUT2D eigenvalue weighted by Crippen LogP contribution is 2.20. The quantitative estimate of drug-likeness (QED) is 0.680. The van der Waals surface area contributed by atoms with Gasteiger partial charge in [-0.25, -0.2) is 4.79 Å². The summed E-state index contributed by atoms with van der Waals surface area (Å²) in [7, 11) is 1.47. The maximum absolute atomic E-state index is 12.8. The summed E-state index contributed by atoms with van der Waals surface area (Å²) < 4.78 is 5.20. The summed E-state index contributed by atoms with van der Waals surface area (Å²) in [5.74, 6) is -1.72. The lowest BCUT2D eigenvalue weighted by atomic mass is 10.0. The van der Waals surface area contributed by atoms with Crippen molar-refractivity contribution in [2.75, 3.05) is 12.4 Å². The molecule has 7 heteroatoms.